The van der Waals surface area contributed by atoms with Crippen LogP contribution in [0.3, 0.4) is 0 Å². The molecule has 2 amide bonds. The molecule has 1 saturated carbocycles. The van der Waals surface area contributed by atoms with Crippen molar-refractivity contribution in [2.45, 2.75) is 50.7 Å². The van der Waals surface area contributed by atoms with Gasteiger partial charge >= 0.3 is 0 Å². The van der Waals surface area contributed by atoms with Crippen LogP contribution in [0.25, 0.3) is 0 Å². The SMILES string of the molecule is COCC(N)C(=O)N1CCN(C(C)C(=O)NC2CCCC2)CC1.Cl.Cl. The Bertz CT molecular complexity index is 414. The van der Waals surface area contributed by atoms with Gasteiger partial charge in [0.05, 0.1) is 12.6 Å². The number of amides is 2. The molecule has 2 rings (SSSR count). The van der Waals surface area contributed by atoms with Gasteiger partial charge in [0.15, 0.2) is 0 Å². The van der Waals surface area contributed by atoms with Crippen molar-refractivity contribution in [2.24, 2.45) is 5.73 Å². The fourth-order valence-electron chi connectivity index (χ4n) is 3.37. The second-order valence-electron chi connectivity index (χ2n) is 6.59. The van der Waals surface area contributed by atoms with Crippen LogP contribution in [0.5, 0.6) is 0 Å². The van der Waals surface area contributed by atoms with Crippen molar-refractivity contribution in [1.82, 2.24) is 15.1 Å². The predicted molar refractivity (Wildman–Crippen MR) is 102 cm³/mol. The molecule has 0 spiro atoms. The number of piperazine rings is 1. The second kappa shape index (κ2) is 11.9. The van der Waals surface area contributed by atoms with Crippen molar-refractivity contribution in [3.05, 3.63) is 0 Å². The zero-order valence-corrected chi connectivity index (χ0v) is 16.7. The van der Waals surface area contributed by atoms with E-state index < -0.39 is 6.04 Å². The Morgan fingerprint density at radius 1 is 1.16 bits per heavy atom. The van der Waals surface area contributed by atoms with Crippen LogP contribution in [0.2, 0.25) is 0 Å². The number of nitrogens with zero attached hydrogens (tertiary/aromatic N) is 2. The summed E-state index contributed by atoms with van der Waals surface area (Å²) in [5, 5.41) is 3.15. The first kappa shape index (κ1) is 24.4. The molecule has 1 aliphatic heterocycles. The lowest BCUT2D eigenvalue weighted by Gasteiger charge is -2.38. The van der Waals surface area contributed by atoms with E-state index in [-0.39, 0.29) is 49.3 Å². The number of hydrogen-bond donors (Lipinski definition) is 2. The molecule has 0 aromatic rings. The minimum atomic E-state index is -0.602. The molecule has 0 aromatic carbocycles. The van der Waals surface area contributed by atoms with Crippen LogP contribution in [0.4, 0.5) is 0 Å². The first-order valence-electron chi connectivity index (χ1n) is 8.60. The fourth-order valence-corrected chi connectivity index (χ4v) is 3.37. The highest BCUT2D eigenvalue weighted by atomic mass is 35.5. The van der Waals surface area contributed by atoms with E-state index in [1.165, 1.54) is 20.0 Å². The zero-order chi connectivity index (χ0) is 16.8. The molecule has 0 radical (unpaired) electrons. The van der Waals surface area contributed by atoms with Gasteiger partial charge in [-0.3, -0.25) is 14.5 Å². The summed E-state index contributed by atoms with van der Waals surface area (Å²) in [6, 6.07) is -0.407. The molecule has 1 heterocycles. The minimum Gasteiger partial charge on any atom is -0.383 e. The van der Waals surface area contributed by atoms with Crippen LogP contribution in [0.15, 0.2) is 0 Å². The Labute approximate surface area is 162 Å². The average Bonchev–Trinajstić information content (AvgIpc) is 3.06. The molecule has 7 nitrogen and oxygen atoms in total. The van der Waals surface area contributed by atoms with Crippen molar-refractivity contribution in [3.8, 4) is 0 Å². The Morgan fingerprint density at radius 3 is 2.24 bits per heavy atom. The monoisotopic (exact) mass is 398 g/mol. The van der Waals surface area contributed by atoms with E-state index in [2.05, 4.69) is 10.2 Å². The highest BCUT2D eigenvalue weighted by Gasteiger charge is 2.30. The van der Waals surface area contributed by atoms with Crippen LogP contribution in [0.1, 0.15) is 32.6 Å². The molecule has 0 aromatic heterocycles. The topological polar surface area (TPSA) is 87.9 Å². The third kappa shape index (κ3) is 6.90. The number of nitrogens with two attached hydrogens (primary N) is 1. The quantitative estimate of drug-likeness (QED) is 0.675. The van der Waals surface area contributed by atoms with Crippen LogP contribution in [-0.2, 0) is 14.3 Å². The number of hydrogen-bond acceptors (Lipinski definition) is 5. The second-order valence-corrected chi connectivity index (χ2v) is 6.59. The molecule has 2 aliphatic rings. The van der Waals surface area contributed by atoms with E-state index in [1.807, 2.05) is 6.92 Å². The summed E-state index contributed by atoms with van der Waals surface area (Å²) in [6.45, 7) is 4.79. The maximum Gasteiger partial charge on any atom is 0.241 e. The largest absolute Gasteiger partial charge is 0.383 e. The Morgan fingerprint density at radius 2 is 1.72 bits per heavy atom. The van der Waals surface area contributed by atoms with E-state index >= 15 is 0 Å². The van der Waals surface area contributed by atoms with Gasteiger partial charge in [-0.15, -0.1) is 24.8 Å². The molecular formula is C16H32Cl2N4O3. The predicted octanol–water partition coefficient (Wildman–Crippen LogP) is 0.395. The van der Waals surface area contributed by atoms with Crippen LogP contribution >= 0.6 is 24.8 Å². The molecular weight excluding hydrogens is 367 g/mol. The lowest BCUT2D eigenvalue weighted by atomic mass is 10.1. The Kier molecular flexibility index (Phi) is 11.6. The van der Waals surface area contributed by atoms with Gasteiger partial charge in [0, 0.05) is 39.3 Å². The number of methoxy groups -OCH3 is 1. The van der Waals surface area contributed by atoms with Crippen molar-refractivity contribution < 1.29 is 14.3 Å². The lowest BCUT2D eigenvalue weighted by molar-refractivity contribution is -0.136. The average molecular weight is 399 g/mol. The van der Waals surface area contributed by atoms with E-state index in [1.54, 1.807) is 4.90 Å². The smallest absolute Gasteiger partial charge is 0.241 e. The van der Waals surface area contributed by atoms with Crippen molar-refractivity contribution in [3.63, 3.8) is 0 Å². The van der Waals surface area contributed by atoms with E-state index in [9.17, 15) is 9.59 Å². The van der Waals surface area contributed by atoms with E-state index in [0.717, 1.165) is 12.8 Å². The van der Waals surface area contributed by atoms with Crippen molar-refractivity contribution in [1.29, 1.82) is 0 Å². The van der Waals surface area contributed by atoms with Gasteiger partial charge in [-0.2, -0.15) is 0 Å². The number of carbonyl (C=O) groups is 2. The highest BCUT2D eigenvalue weighted by Crippen LogP contribution is 2.18. The molecule has 9 heteroatoms. The molecule has 1 aliphatic carbocycles. The van der Waals surface area contributed by atoms with Crippen molar-refractivity contribution >= 4 is 36.6 Å². The standard InChI is InChI=1S/C16H30N4O3.2ClH/c1-12(15(21)18-13-5-3-4-6-13)19-7-9-20(10-8-19)16(22)14(17)11-23-2;;/h12-14H,3-11,17H2,1-2H3,(H,18,21);2*1H. The van der Waals surface area contributed by atoms with Crippen molar-refractivity contribution in [2.75, 3.05) is 39.9 Å². The minimum absolute atomic E-state index is 0. The zero-order valence-electron chi connectivity index (χ0n) is 15.1. The van der Waals surface area contributed by atoms with Gasteiger partial charge in [0.1, 0.15) is 6.04 Å². The summed E-state index contributed by atoms with van der Waals surface area (Å²) in [4.78, 5) is 28.4. The summed E-state index contributed by atoms with van der Waals surface area (Å²) >= 11 is 0. The summed E-state index contributed by atoms with van der Waals surface area (Å²) in [7, 11) is 1.54. The summed E-state index contributed by atoms with van der Waals surface area (Å²) in [5.74, 6) is 0.0299. The Hall–Kier alpha value is -0.600. The van der Waals surface area contributed by atoms with Gasteiger partial charge in [0.2, 0.25) is 11.8 Å². The summed E-state index contributed by atoms with van der Waals surface area (Å²) in [5.41, 5.74) is 5.80. The van der Waals surface area contributed by atoms with Gasteiger partial charge in [0.25, 0.3) is 0 Å². The lowest BCUT2D eigenvalue weighted by Crippen LogP contribution is -2.58. The molecule has 2 fully saturated rings. The van der Waals surface area contributed by atoms with E-state index in [0.29, 0.717) is 32.2 Å². The number of nitrogens with one attached hydrogen (secondary N) is 1. The first-order valence-corrected chi connectivity index (χ1v) is 8.60. The summed E-state index contributed by atoms with van der Waals surface area (Å²) < 4.78 is 4.93. The van der Waals surface area contributed by atoms with Gasteiger partial charge in [-0.05, 0) is 19.8 Å². The van der Waals surface area contributed by atoms with Crippen LogP contribution in [-0.4, -0.2) is 79.6 Å². The maximum absolute atomic E-state index is 12.3. The number of halogens is 2. The number of ether oxygens (including phenoxy) is 1. The number of rotatable bonds is 6. The molecule has 25 heavy (non-hydrogen) atoms. The third-order valence-corrected chi connectivity index (χ3v) is 4.92. The highest BCUT2D eigenvalue weighted by molar-refractivity contribution is 5.85. The normalized spacial score (nSPS) is 21.0. The number of carbonyl (C=O) groups excluding carboxylic acids is 2. The molecule has 1 saturated heterocycles. The van der Waals surface area contributed by atoms with Gasteiger partial charge in [-0.1, -0.05) is 12.8 Å². The Balaban J connectivity index is 0.00000288. The molecule has 148 valence electrons. The van der Waals surface area contributed by atoms with E-state index in [4.69, 9.17) is 10.5 Å². The van der Waals surface area contributed by atoms with Crippen LogP contribution in [0, 0.1) is 0 Å². The molecule has 2 atom stereocenters. The maximum atomic E-state index is 12.3. The molecule has 2 unspecified atom stereocenters. The molecule has 3 N–H and O–H groups in total. The van der Waals surface area contributed by atoms with Crippen LogP contribution < -0.4 is 11.1 Å². The first-order chi connectivity index (χ1) is 11.0. The third-order valence-electron chi connectivity index (χ3n) is 4.92. The van der Waals surface area contributed by atoms with Gasteiger partial charge < -0.3 is 20.7 Å². The molecule has 0 bridgehead atoms. The fraction of sp³-hybridized carbons (Fsp3) is 0.875. The summed E-state index contributed by atoms with van der Waals surface area (Å²) in [6.07, 6.45) is 4.61. The van der Waals surface area contributed by atoms with Gasteiger partial charge in [-0.25, -0.2) is 0 Å².